The molecule has 2 atom stereocenters. The van der Waals surface area contributed by atoms with Gasteiger partial charge in [0.2, 0.25) is 5.91 Å². The van der Waals surface area contributed by atoms with Gasteiger partial charge in [-0.15, -0.1) is 0 Å². The predicted molar refractivity (Wildman–Crippen MR) is 71.7 cm³/mol. The topological polar surface area (TPSA) is 55.6 Å². The number of amides is 1. The molecule has 4 heteroatoms. The monoisotopic (exact) mass is 248 g/mol. The number of hydrogen-bond donors (Lipinski definition) is 1. The molecule has 0 radical (unpaired) electrons. The highest BCUT2D eigenvalue weighted by molar-refractivity contribution is 5.95. The molecule has 4 nitrogen and oxygen atoms in total. The van der Waals surface area contributed by atoms with Crippen molar-refractivity contribution >= 4 is 11.6 Å². The average Bonchev–Trinajstić information content (AvgIpc) is 2.83. The van der Waals surface area contributed by atoms with Crippen LogP contribution in [0.5, 0.6) is 5.75 Å². The van der Waals surface area contributed by atoms with Gasteiger partial charge in [-0.3, -0.25) is 4.79 Å². The number of carbonyl (C=O) groups is 1. The minimum absolute atomic E-state index is 0.0122. The van der Waals surface area contributed by atoms with E-state index in [1.807, 2.05) is 24.3 Å². The lowest BCUT2D eigenvalue weighted by atomic mass is 10.0. The van der Waals surface area contributed by atoms with Crippen LogP contribution >= 0.6 is 0 Å². The molecule has 2 N–H and O–H groups in total. The van der Waals surface area contributed by atoms with Crippen LogP contribution in [0.3, 0.4) is 0 Å². The third-order valence-corrected chi connectivity index (χ3v) is 3.68. The largest absolute Gasteiger partial charge is 0.497 e. The summed E-state index contributed by atoms with van der Waals surface area (Å²) in [5.41, 5.74) is 6.85. The molecule has 0 aromatic heterocycles. The van der Waals surface area contributed by atoms with Crippen molar-refractivity contribution in [3.63, 3.8) is 0 Å². The van der Waals surface area contributed by atoms with Gasteiger partial charge in [0.1, 0.15) is 5.75 Å². The van der Waals surface area contributed by atoms with Crippen molar-refractivity contribution in [2.45, 2.75) is 25.3 Å². The molecule has 1 saturated carbocycles. The van der Waals surface area contributed by atoms with Gasteiger partial charge in [0.05, 0.1) is 13.0 Å². The van der Waals surface area contributed by atoms with E-state index in [1.54, 1.807) is 19.1 Å². The van der Waals surface area contributed by atoms with E-state index in [0.29, 0.717) is 0 Å². The molecule has 0 spiro atoms. The fraction of sp³-hybridized carbons (Fsp3) is 0.500. The van der Waals surface area contributed by atoms with Gasteiger partial charge in [0, 0.05) is 18.8 Å². The lowest BCUT2D eigenvalue weighted by Gasteiger charge is -2.23. The number of ether oxygens (including phenoxy) is 1. The van der Waals surface area contributed by atoms with E-state index in [1.165, 1.54) is 0 Å². The van der Waals surface area contributed by atoms with Crippen molar-refractivity contribution in [2.24, 2.45) is 11.7 Å². The summed E-state index contributed by atoms with van der Waals surface area (Å²) >= 11 is 0. The lowest BCUT2D eigenvalue weighted by molar-refractivity contribution is -0.122. The standard InChI is InChI=1S/C14H20N2O2/c1-16(10-6-8-11(18-2)9-7-10)14(17)12-4-3-5-13(12)15/h6-9,12-13H,3-5,15H2,1-2H3. The molecule has 98 valence electrons. The minimum Gasteiger partial charge on any atom is -0.497 e. The quantitative estimate of drug-likeness (QED) is 0.887. The molecule has 2 unspecified atom stereocenters. The van der Waals surface area contributed by atoms with Gasteiger partial charge in [-0.05, 0) is 37.1 Å². The van der Waals surface area contributed by atoms with Crippen LogP contribution < -0.4 is 15.4 Å². The third-order valence-electron chi connectivity index (χ3n) is 3.68. The SMILES string of the molecule is COc1ccc(N(C)C(=O)C2CCCC2N)cc1. The second-order valence-electron chi connectivity index (χ2n) is 4.80. The highest BCUT2D eigenvalue weighted by Crippen LogP contribution is 2.28. The van der Waals surface area contributed by atoms with Gasteiger partial charge in [0.25, 0.3) is 0 Å². The molecule has 0 bridgehead atoms. The molecule has 1 aliphatic carbocycles. The molecular weight excluding hydrogens is 228 g/mol. The fourth-order valence-electron chi connectivity index (χ4n) is 2.48. The molecule has 0 heterocycles. The summed E-state index contributed by atoms with van der Waals surface area (Å²) in [5, 5.41) is 0. The van der Waals surface area contributed by atoms with Crippen molar-refractivity contribution < 1.29 is 9.53 Å². The Morgan fingerprint density at radius 2 is 2.00 bits per heavy atom. The number of carbonyl (C=O) groups excluding carboxylic acids is 1. The first-order valence-electron chi connectivity index (χ1n) is 6.30. The van der Waals surface area contributed by atoms with Crippen molar-refractivity contribution in [3.05, 3.63) is 24.3 Å². The van der Waals surface area contributed by atoms with Crippen LogP contribution in [0, 0.1) is 5.92 Å². The first kappa shape index (κ1) is 12.9. The van der Waals surface area contributed by atoms with E-state index in [4.69, 9.17) is 10.5 Å². The lowest BCUT2D eigenvalue weighted by Crippen LogP contribution is -2.39. The first-order valence-corrected chi connectivity index (χ1v) is 6.30. The summed E-state index contributed by atoms with van der Waals surface area (Å²) in [5.74, 6) is 0.874. The van der Waals surface area contributed by atoms with Crippen molar-refractivity contribution in [3.8, 4) is 5.75 Å². The van der Waals surface area contributed by atoms with E-state index in [0.717, 1.165) is 30.7 Å². The minimum atomic E-state index is -0.0305. The number of hydrogen-bond acceptors (Lipinski definition) is 3. The molecule has 2 rings (SSSR count). The van der Waals surface area contributed by atoms with E-state index in [9.17, 15) is 4.79 Å². The molecule has 1 fully saturated rings. The molecule has 0 aliphatic heterocycles. The van der Waals surface area contributed by atoms with E-state index >= 15 is 0 Å². The maximum atomic E-state index is 12.3. The van der Waals surface area contributed by atoms with E-state index < -0.39 is 0 Å². The fourth-order valence-corrected chi connectivity index (χ4v) is 2.48. The van der Waals surface area contributed by atoms with Crippen molar-refractivity contribution in [2.75, 3.05) is 19.1 Å². The molecule has 18 heavy (non-hydrogen) atoms. The highest BCUT2D eigenvalue weighted by Gasteiger charge is 2.32. The van der Waals surface area contributed by atoms with Gasteiger partial charge < -0.3 is 15.4 Å². The Balaban J connectivity index is 2.09. The van der Waals surface area contributed by atoms with Gasteiger partial charge in [-0.2, -0.15) is 0 Å². The van der Waals surface area contributed by atoms with Crippen LogP contribution in [-0.2, 0) is 4.79 Å². The zero-order valence-corrected chi connectivity index (χ0v) is 10.9. The van der Waals surface area contributed by atoms with Crippen molar-refractivity contribution in [1.82, 2.24) is 0 Å². The smallest absolute Gasteiger partial charge is 0.231 e. The maximum Gasteiger partial charge on any atom is 0.231 e. The van der Waals surface area contributed by atoms with Gasteiger partial charge in [0.15, 0.2) is 0 Å². The summed E-state index contributed by atoms with van der Waals surface area (Å²) in [4.78, 5) is 14.0. The second-order valence-corrected chi connectivity index (χ2v) is 4.80. The number of benzene rings is 1. The second kappa shape index (κ2) is 5.40. The van der Waals surface area contributed by atoms with Gasteiger partial charge in [-0.25, -0.2) is 0 Å². The average molecular weight is 248 g/mol. The summed E-state index contributed by atoms with van der Waals surface area (Å²) < 4.78 is 5.10. The molecule has 1 aromatic carbocycles. The van der Waals surface area contributed by atoms with Crippen LogP contribution in [-0.4, -0.2) is 26.1 Å². The molecular formula is C14H20N2O2. The number of anilines is 1. The molecule has 1 aliphatic rings. The zero-order chi connectivity index (χ0) is 13.1. The van der Waals surface area contributed by atoms with Crippen LogP contribution in [0.15, 0.2) is 24.3 Å². The molecule has 1 aromatic rings. The summed E-state index contributed by atoms with van der Waals surface area (Å²) in [6, 6.07) is 7.49. The number of rotatable bonds is 3. The molecule has 0 saturated heterocycles. The Labute approximate surface area is 108 Å². The Morgan fingerprint density at radius 1 is 1.33 bits per heavy atom. The normalized spacial score (nSPS) is 22.8. The number of nitrogens with two attached hydrogens (primary N) is 1. The first-order chi connectivity index (χ1) is 8.63. The van der Waals surface area contributed by atoms with E-state index in [2.05, 4.69) is 0 Å². The number of nitrogens with zero attached hydrogens (tertiary/aromatic N) is 1. The van der Waals surface area contributed by atoms with Crippen LogP contribution in [0.4, 0.5) is 5.69 Å². The summed E-state index contributed by atoms with van der Waals surface area (Å²) in [6.45, 7) is 0. The third kappa shape index (κ3) is 2.48. The van der Waals surface area contributed by atoms with Gasteiger partial charge in [-0.1, -0.05) is 6.42 Å². The summed E-state index contributed by atoms with van der Waals surface area (Å²) in [6.07, 6.45) is 2.90. The Kier molecular flexibility index (Phi) is 3.87. The maximum absolute atomic E-state index is 12.3. The van der Waals surface area contributed by atoms with E-state index in [-0.39, 0.29) is 17.9 Å². The van der Waals surface area contributed by atoms with Crippen LogP contribution in [0.25, 0.3) is 0 Å². The Morgan fingerprint density at radius 3 is 2.50 bits per heavy atom. The predicted octanol–water partition coefficient (Wildman–Crippen LogP) is 1.79. The highest BCUT2D eigenvalue weighted by atomic mass is 16.5. The zero-order valence-electron chi connectivity index (χ0n) is 10.9. The van der Waals surface area contributed by atoms with Crippen LogP contribution in [0.2, 0.25) is 0 Å². The van der Waals surface area contributed by atoms with Gasteiger partial charge >= 0.3 is 0 Å². The number of methoxy groups -OCH3 is 1. The summed E-state index contributed by atoms with van der Waals surface area (Å²) in [7, 11) is 3.43. The molecule has 1 amide bonds. The van der Waals surface area contributed by atoms with Crippen molar-refractivity contribution in [1.29, 1.82) is 0 Å². The Hall–Kier alpha value is -1.55. The Bertz CT molecular complexity index is 416. The van der Waals surface area contributed by atoms with Crippen LogP contribution in [0.1, 0.15) is 19.3 Å².